The van der Waals surface area contributed by atoms with Crippen LogP contribution < -0.4 is 24.4 Å². The van der Waals surface area contributed by atoms with Gasteiger partial charge in [-0.3, -0.25) is 9.54 Å². The first-order valence-electron chi connectivity index (χ1n) is 11.3. The van der Waals surface area contributed by atoms with Crippen LogP contribution in [0.4, 0.5) is 34.5 Å². The summed E-state index contributed by atoms with van der Waals surface area (Å²) >= 11 is -2.50. The van der Waals surface area contributed by atoms with Crippen molar-refractivity contribution in [2.75, 3.05) is 29.2 Å². The Morgan fingerprint density at radius 2 is 1.58 bits per heavy atom. The molecule has 0 aliphatic rings. The van der Waals surface area contributed by atoms with Crippen LogP contribution in [0, 0.1) is 0 Å². The van der Waals surface area contributed by atoms with Crippen LogP contribution in [-0.2, 0) is 11.3 Å². The molecule has 3 N–H and O–H groups in total. The summed E-state index contributed by atoms with van der Waals surface area (Å²) in [4.78, 5) is 17.7. The third kappa shape index (κ3) is 5.45. The number of benzene rings is 3. The lowest BCUT2D eigenvalue weighted by atomic mass is 10.2. The zero-order valence-electron chi connectivity index (χ0n) is 20.4. The third-order valence-corrected chi connectivity index (χ3v) is 6.13. The van der Waals surface area contributed by atoms with Crippen molar-refractivity contribution in [1.29, 1.82) is 0 Å². The summed E-state index contributed by atoms with van der Waals surface area (Å²) < 4.78 is 35.2. The van der Waals surface area contributed by atoms with Crippen molar-refractivity contribution in [1.82, 2.24) is 19.9 Å². The number of para-hydroxylation sites is 2. The van der Waals surface area contributed by atoms with E-state index in [0.717, 1.165) is 0 Å². The summed E-state index contributed by atoms with van der Waals surface area (Å²) in [7, 11) is 3.11. The second kappa shape index (κ2) is 11.1. The molecule has 0 radical (unpaired) electrons. The van der Waals surface area contributed by atoms with Crippen molar-refractivity contribution < 1.29 is 18.2 Å². The lowest BCUT2D eigenvalue weighted by Gasteiger charge is -2.23. The Hall–Kier alpha value is -4.81. The van der Waals surface area contributed by atoms with Gasteiger partial charge in [-0.15, -0.1) is 0 Å². The maximum absolute atomic E-state index is 12.8. The van der Waals surface area contributed by atoms with Crippen molar-refractivity contribution in [2.45, 2.75) is 0 Å². The lowest BCUT2D eigenvalue weighted by molar-refractivity contribution is 0.395. The first-order chi connectivity index (χ1) is 18.5. The van der Waals surface area contributed by atoms with Crippen molar-refractivity contribution in [3.05, 3.63) is 85.3 Å². The molecule has 0 saturated carbocycles. The maximum Gasteiger partial charge on any atom is 0.268 e. The Balaban J connectivity index is 1.61. The van der Waals surface area contributed by atoms with Crippen LogP contribution >= 0.6 is 0 Å². The van der Waals surface area contributed by atoms with E-state index in [1.807, 2.05) is 24.3 Å². The normalized spacial score (nSPS) is 11.6. The summed E-state index contributed by atoms with van der Waals surface area (Å²) in [5.41, 5.74) is 2.79. The van der Waals surface area contributed by atoms with E-state index in [1.54, 1.807) is 75.3 Å². The molecule has 2 aromatic heterocycles. The van der Waals surface area contributed by atoms with Crippen LogP contribution in [-0.4, -0.2) is 42.9 Å². The Bertz CT molecular complexity index is 1580. The molecule has 2 heterocycles. The second-order valence-electron chi connectivity index (χ2n) is 7.90. The highest BCUT2D eigenvalue weighted by molar-refractivity contribution is 7.81. The molecule has 0 fully saturated rings. The van der Waals surface area contributed by atoms with Crippen LogP contribution in [0.25, 0.3) is 11.0 Å². The van der Waals surface area contributed by atoms with Gasteiger partial charge in [0.15, 0.2) is 11.6 Å². The highest BCUT2D eigenvalue weighted by Gasteiger charge is 2.23. The molecule has 3 aromatic carbocycles. The number of fused-ring (bicyclic) bond motifs is 1. The zero-order valence-corrected chi connectivity index (χ0v) is 21.2. The molecular weight excluding hydrogens is 506 g/mol. The van der Waals surface area contributed by atoms with Crippen LogP contribution in [0.2, 0.25) is 0 Å². The summed E-state index contributed by atoms with van der Waals surface area (Å²) in [5, 5.41) is 6.36. The van der Waals surface area contributed by atoms with E-state index in [-0.39, 0.29) is 11.6 Å². The number of anilines is 6. The zero-order chi connectivity index (χ0) is 26.5. The van der Waals surface area contributed by atoms with Crippen molar-refractivity contribution in [3.8, 4) is 11.5 Å². The standard InChI is InChI=1S/C26H23N7O4S/c1-36-20-13-18(14-21(15-20)37-2)30-25-26(32-23-9-4-3-8-22(23)31-25)33(38(34)35)19-7-5-6-17(12-19)29-24-16-27-10-11-28-24/h3-16H,1-2H3,(H,28,29)(H,30,31)(H,34,35). The molecule has 5 rings (SSSR count). The van der Waals surface area contributed by atoms with Gasteiger partial charge in [-0.05, 0) is 30.3 Å². The van der Waals surface area contributed by atoms with Crippen LogP contribution in [0.3, 0.4) is 0 Å². The van der Waals surface area contributed by atoms with Crippen LogP contribution in [0.5, 0.6) is 11.5 Å². The predicted molar refractivity (Wildman–Crippen MR) is 147 cm³/mol. The van der Waals surface area contributed by atoms with Crippen molar-refractivity contribution in [3.63, 3.8) is 0 Å². The fourth-order valence-corrected chi connectivity index (χ4v) is 4.31. The van der Waals surface area contributed by atoms with Gasteiger partial charge >= 0.3 is 0 Å². The summed E-state index contributed by atoms with van der Waals surface area (Å²) in [6.45, 7) is 0. The molecule has 1 atom stereocenters. The Labute approximate surface area is 220 Å². The van der Waals surface area contributed by atoms with Crippen LogP contribution in [0.1, 0.15) is 0 Å². The molecule has 0 saturated heterocycles. The molecule has 5 aromatic rings. The van der Waals surface area contributed by atoms with E-state index in [9.17, 15) is 8.76 Å². The van der Waals surface area contributed by atoms with Crippen LogP contribution in [0.15, 0.2) is 85.3 Å². The molecule has 11 nitrogen and oxygen atoms in total. The summed E-state index contributed by atoms with van der Waals surface area (Å²) in [6, 6.07) is 19.5. The monoisotopic (exact) mass is 529 g/mol. The number of methoxy groups -OCH3 is 2. The number of nitrogens with one attached hydrogen (secondary N) is 2. The SMILES string of the molecule is COc1cc(Nc2nc3ccccc3nc2N(c2cccc(Nc3cnccn3)c2)S(=O)O)cc(OC)c1. The lowest BCUT2D eigenvalue weighted by Crippen LogP contribution is -2.22. The molecule has 0 aliphatic heterocycles. The van der Waals surface area contributed by atoms with Gasteiger partial charge in [-0.1, -0.05) is 18.2 Å². The van der Waals surface area contributed by atoms with E-state index < -0.39 is 11.3 Å². The molecule has 0 bridgehead atoms. The third-order valence-electron chi connectivity index (χ3n) is 5.43. The van der Waals surface area contributed by atoms with Crippen molar-refractivity contribution >= 4 is 56.8 Å². The van der Waals surface area contributed by atoms with Gasteiger partial charge in [0.1, 0.15) is 17.3 Å². The smallest absolute Gasteiger partial charge is 0.268 e. The van der Waals surface area contributed by atoms with Gasteiger partial charge in [0.25, 0.3) is 11.3 Å². The van der Waals surface area contributed by atoms with Crippen molar-refractivity contribution in [2.24, 2.45) is 0 Å². The average molecular weight is 530 g/mol. The van der Waals surface area contributed by atoms with Gasteiger partial charge in [-0.2, -0.15) is 0 Å². The Morgan fingerprint density at radius 3 is 2.24 bits per heavy atom. The van der Waals surface area contributed by atoms with E-state index >= 15 is 0 Å². The van der Waals surface area contributed by atoms with E-state index in [4.69, 9.17) is 19.4 Å². The van der Waals surface area contributed by atoms with Gasteiger partial charge in [-0.25, -0.2) is 23.5 Å². The fraction of sp³-hybridized carbons (Fsp3) is 0.0769. The van der Waals surface area contributed by atoms with E-state index in [0.29, 0.717) is 45.4 Å². The highest BCUT2D eigenvalue weighted by atomic mass is 32.2. The van der Waals surface area contributed by atoms with Gasteiger partial charge in [0.05, 0.1) is 37.1 Å². The minimum absolute atomic E-state index is 0.142. The quantitative estimate of drug-likeness (QED) is 0.219. The Morgan fingerprint density at radius 1 is 0.842 bits per heavy atom. The van der Waals surface area contributed by atoms with E-state index in [2.05, 4.69) is 20.6 Å². The highest BCUT2D eigenvalue weighted by Crippen LogP contribution is 2.36. The molecule has 1 unspecified atom stereocenters. The molecule has 0 amide bonds. The molecule has 192 valence electrons. The number of ether oxygens (including phenoxy) is 2. The average Bonchev–Trinajstić information content (AvgIpc) is 2.93. The molecule has 0 aliphatic carbocycles. The van der Waals surface area contributed by atoms with Gasteiger partial charge < -0.3 is 20.1 Å². The maximum atomic E-state index is 12.8. The number of hydrogen-bond donors (Lipinski definition) is 3. The topological polar surface area (TPSA) is 135 Å². The minimum Gasteiger partial charge on any atom is -0.497 e. The molecule has 38 heavy (non-hydrogen) atoms. The number of nitrogens with zero attached hydrogens (tertiary/aromatic N) is 5. The largest absolute Gasteiger partial charge is 0.497 e. The summed E-state index contributed by atoms with van der Waals surface area (Å²) in [5.74, 6) is 2.05. The molecule has 12 heteroatoms. The summed E-state index contributed by atoms with van der Waals surface area (Å²) in [6.07, 6.45) is 4.72. The number of rotatable bonds is 9. The minimum atomic E-state index is -2.50. The predicted octanol–water partition coefficient (Wildman–Crippen LogP) is 5.20. The van der Waals surface area contributed by atoms with Gasteiger partial charge in [0, 0.05) is 42.0 Å². The first-order valence-corrected chi connectivity index (χ1v) is 12.4. The fourth-order valence-electron chi connectivity index (χ4n) is 3.74. The number of hydrogen-bond acceptors (Lipinski definition) is 9. The second-order valence-corrected chi connectivity index (χ2v) is 8.73. The number of aromatic nitrogens is 4. The Kier molecular flexibility index (Phi) is 7.24. The molecule has 0 spiro atoms. The van der Waals surface area contributed by atoms with Gasteiger partial charge in [0.2, 0.25) is 0 Å². The molecular formula is C26H23N7O4S. The first kappa shape index (κ1) is 24.9. The van der Waals surface area contributed by atoms with E-state index in [1.165, 1.54) is 4.31 Å².